The zero-order valence-electron chi connectivity index (χ0n) is 18.9. The molecule has 0 saturated carbocycles. The van der Waals surface area contributed by atoms with Crippen molar-refractivity contribution in [1.82, 2.24) is 9.62 Å². The van der Waals surface area contributed by atoms with Gasteiger partial charge < -0.3 is 5.32 Å². The molecule has 1 amide bonds. The topological polar surface area (TPSA) is 83.6 Å². The van der Waals surface area contributed by atoms with Gasteiger partial charge in [-0.1, -0.05) is 61.0 Å². The molecule has 4 rings (SSSR count). The summed E-state index contributed by atoms with van der Waals surface area (Å²) >= 11 is 0. The molecular formula is C27H28N2O4S. The van der Waals surface area contributed by atoms with Gasteiger partial charge in [0.2, 0.25) is 10.0 Å². The predicted molar refractivity (Wildman–Crippen MR) is 131 cm³/mol. The molecule has 176 valence electrons. The van der Waals surface area contributed by atoms with E-state index in [0.717, 1.165) is 24.8 Å². The van der Waals surface area contributed by atoms with E-state index in [9.17, 15) is 18.0 Å². The first kappa shape index (κ1) is 23.9. The molecule has 1 heterocycles. The molecule has 0 unspecified atom stereocenters. The van der Waals surface area contributed by atoms with Gasteiger partial charge in [-0.05, 0) is 49.1 Å². The fourth-order valence-corrected chi connectivity index (χ4v) is 5.55. The summed E-state index contributed by atoms with van der Waals surface area (Å²) in [5.74, 6) is -0.304. The van der Waals surface area contributed by atoms with E-state index in [-0.39, 0.29) is 11.7 Å². The highest BCUT2D eigenvalue weighted by atomic mass is 32.2. The number of carbonyl (C=O) groups is 2. The molecule has 1 saturated heterocycles. The van der Waals surface area contributed by atoms with Crippen molar-refractivity contribution in [3.63, 3.8) is 0 Å². The molecule has 3 aromatic rings. The lowest BCUT2D eigenvalue weighted by Crippen LogP contribution is -2.35. The third-order valence-electron chi connectivity index (χ3n) is 6.02. The number of sulfonamides is 1. The summed E-state index contributed by atoms with van der Waals surface area (Å²) in [5, 5.41) is 2.87. The molecule has 1 fully saturated rings. The minimum absolute atomic E-state index is 0.0849. The van der Waals surface area contributed by atoms with E-state index in [1.54, 1.807) is 65.0 Å². The van der Waals surface area contributed by atoms with Gasteiger partial charge in [-0.3, -0.25) is 9.59 Å². The molecule has 1 aliphatic heterocycles. The van der Waals surface area contributed by atoms with Crippen LogP contribution in [0.5, 0.6) is 0 Å². The Kier molecular flexibility index (Phi) is 7.55. The van der Waals surface area contributed by atoms with Crippen LogP contribution in [-0.2, 0) is 16.4 Å². The summed E-state index contributed by atoms with van der Waals surface area (Å²) in [4.78, 5) is 25.3. The van der Waals surface area contributed by atoms with E-state index in [2.05, 4.69) is 5.32 Å². The standard InChI is InChI=1S/C27H28N2O4S/c30-26(22-7-3-1-4-8-22)23-11-13-24(14-12-23)27(31)28-18-17-21-9-15-25(16-10-21)34(32,33)29-19-5-2-6-20-29/h1,3-4,7-16H,2,5-6,17-20H2,(H,28,31). The van der Waals surface area contributed by atoms with Crippen LogP contribution in [0, 0.1) is 0 Å². The van der Waals surface area contributed by atoms with Crippen molar-refractivity contribution in [2.24, 2.45) is 0 Å². The lowest BCUT2D eigenvalue weighted by Gasteiger charge is -2.25. The highest BCUT2D eigenvalue weighted by molar-refractivity contribution is 7.89. The summed E-state index contributed by atoms with van der Waals surface area (Å²) in [5.41, 5.74) is 2.56. The van der Waals surface area contributed by atoms with E-state index in [1.807, 2.05) is 18.2 Å². The van der Waals surface area contributed by atoms with E-state index >= 15 is 0 Å². The van der Waals surface area contributed by atoms with E-state index < -0.39 is 10.0 Å². The first-order chi connectivity index (χ1) is 16.4. The Balaban J connectivity index is 1.29. The number of ketones is 1. The number of hydrogen-bond donors (Lipinski definition) is 1. The molecule has 7 heteroatoms. The molecule has 0 aromatic heterocycles. The second-order valence-corrected chi connectivity index (χ2v) is 10.3. The third-order valence-corrected chi connectivity index (χ3v) is 7.93. The SMILES string of the molecule is O=C(NCCc1ccc(S(=O)(=O)N2CCCCC2)cc1)c1ccc(C(=O)c2ccccc2)cc1. The van der Waals surface area contributed by atoms with Crippen molar-refractivity contribution < 1.29 is 18.0 Å². The van der Waals surface area contributed by atoms with Crippen LogP contribution < -0.4 is 5.32 Å². The summed E-state index contributed by atoms with van der Waals surface area (Å²) in [6.07, 6.45) is 3.47. The average Bonchev–Trinajstić information content (AvgIpc) is 2.89. The number of hydrogen-bond acceptors (Lipinski definition) is 4. The van der Waals surface area contributed by atoms with Gasteiger partial charge in [0, 0.05) is 36.3 Å². The molecule has 6 nitrogen and oxygen atoms in total. The fourth-order valence-electron chi connectivity index (χ4n) is 4.03. The van der Waals surface area contributed by atoms with Gasteiger partial charge in [0.1, 0.15) is 0 Å². The minimum Gasteiger partial charge on any atom is -0.352 e. The summed E-state index contributed by atoms with van der Waals surface area (Å²) in [6.45, 7) is 1.58. The zero-order chi connectivity index (χ0) is 24.0. The Morgan fingerprint density at radius 1 is 0.735 bits per heavy atom. The number of nitrogens with one attached hydrogen (secondary N) is 1. The summed E-state index contributed by atoms with van der Waals surface area (Å²) in [7, 11) is -3.44. The molecule has 1 N–H and O–H groups in total. The van der Waals surface area contributed by atoms with Gasteiger partial charge in [-0.2, -0.15) is 4.31 Å². The number of carbonyl (C=O) groups excluding carboxylic acids is 2. The Bertz CT molecular complexity index is 1230. The number of amides is 1. The van der Waals surface area contributed by atoms with Gasteiger partial charge in [-0.15, -0.1) is 0 Å². The number of nitrogens with zero attached hydrogens (tertiary/aromatic N) is 1. The highest BCUT2D eigenvalue weighted by Gasteiger charge is 2.25. The van der Waals surface area contributed by atoms with Gasteiger partial charge in [0.25, 0.3) is 5.91 Å². The van der Waals surface area contributed by atoms with Crippen LogP contribution in [0.3, 0.4) is 0 Å². The Hall–Kier alpha value is -3.29. The van der Waals surface area contributed by atoms with Crippen LogP contribution in [0.25, 0.3) is 0 Å². The number of rotatable bonds is 8. The second-order valence-electron chi connectivity index (χ2n) is 8.39. The normalized spacial score (nSPS) is 14.5. The number of benzene rings is 3. The Labute approximate surface area is 200 Å². The first-order valence-corrected chi connectivity index (χ1v) is 13.0. The quantitative estimate of drug-likeness (QED) is 0.497. The van der Waals surface area contributed by atoms with Crippen LogP contribution in [0.15, 0.2) is 83.8 Å². The molecule has 0 aliphatic carbocycles. The van der Waals surface area contributed by atoms with Crippen molar-refractivity contribution in [2.45, 2.75) is 30.6 Å². The second kappa shape index (κ2) is 10.8. The van der Waals surface area contributed by atoms with Crippen LogP contribution in [0.2, 0.25) is 0 Å². The van der Waals surface area contributed by atoms with Crippen molar-refractivity contribution in [2.75, 3.05) is 19.6 Å². The smallest absolute Gasteiger partial charge is 0.251 e. The molecule has 0 bridgehead atoms. The average molecular weight is 477 g/mol. The monoisotopic (exact) mass is 476 g/mol. The molecule has 3 aromatic carbocycles. The minimum atomic E-state index is -3.44. The van der Waals surface area contributed by atoms with Gasteiger partial charge in [0.15, 0.2) is 5.78 Å². The van der Waals surface area contributed by atoms with E-state index in [4.69, 9.17) is 0 Å². The van der Waals surface area contributed by atoms with Gasteiger partial charge in [0.05, 0.1) is 4.90 Å². The largest absolute Gasteiger partial charge is 0.352 e. The van der Waals surface area contributed by atoms with Crippen LogP contribution >= 0.6 is 0 Å². The zero-order valence-corrected chi connectivity index (χ0v) is 19.8. The van der Waals surface area contributed by atoms with Gasteiger partial charge in [-0.25, -0.2) is 8.42 Å². The Morgan fingerprint density at radius 3 is 1.97 bits per heavy atom. The van der Waals surface area contributed by atoms with Crippen molar-refractivity contribution in [3.8, 4) is 0 Å². The summed E-state index contributed by atoms with van der Waals surface area (Å²) in [6, 6.07) is 22.5. The van der Waals surface area contributed by atoms with Crippen molar-refractivity contribution in [3.05, 3.63) is 101 Å². The molecule has 0 spiro atoms. The van der Waals surface area contributed by atoms with Crippen LogP contribution in [-0.4, -0.2) is 44.0 Å². The lowest BCUT2D eigenvalue weighted by molar-refractivity contribution is 0.0952. The van der Waals surface area contributed by atoms with E-state index in [0.29, 0.717) is 47.6 Å². The molecular weight excluding hydrogens is 448 g/mol. The maximum absolute atomic E-state index is 12.8. The third kappa shape index (κ3) is 5.61. The van der Waals surface area contributed by atoms with Crippen molar-refractivity contribution in [1.29, 1.82) is 0 Å². The molecule has 0 radical (unpaired) electrons. The molecule has 34 heavy (non-hydrogen) atoms. The predicted octanol–water partition coefficient (Wildman–Crippen LogP) is 4.06. The molecule has 0 atom stereocenters. The van der Waals surface area contributed by atoms with E-state index in [1.165, 1.54) is 0 Å². The number of piperidine rings is 1. The Morgan fingerprint density at radius 2 is 1.32 bits per heavy atom. The van der Waals surface area contributed by atoms with Crippen molar-refractivity contribution >= 4 is 21.7 Å². The summed E-state index contributed by atoms with van der Waals surface area (Å²) < 4.78 is 27.1. The first-order valence-electron chi connectivity index (χ1n) is 11.5. The van der Waals surface area contributed by atoms with Crippen LogP contribution in [0.1, 0.15) is 51.1 Å². The molecule has 1 aliphatic rings. The van der Waals surface area contributed by atoms with Crippen LogP contribution in [0.4, 0.5) is 0 Å². The highest BCUT2D eigenvalue weighted by Crippen LogP contribution is 2.21. The van der Waals surface area contributed by atoms with Gasteiger partial charge >= 0.3 is 0 Å². The maximum atomic E-state index is 12.8. The lowest BCUT2D eigenvalue weighted by atomic mass is 10.0. The maximum Gasteiger partial charge on any atom is 0.251 e. The fraction of sp³-hybridized carbons (Fsp3) is 0.259.